The maximum atomic E-state index is 12.8. The molecule has 1 spiro atoms. The minimum atomic E-state index is -3.67. The van der Waals surface area contributed by atoms with Gasteiger partial charge in [-0.3, -0.25) is 4.79 Å². The number of sulfonamides is 1. The first-order chi connectivity index (χ1) is 14.3. The zero-order chi connectivity index (χ0) is 21.4. The van der Waals surface area contributed by atoms with Gasteiger partial charge in [0.1, 0.15) is 0 Å². The molecular formula is C22H24N2O5S. The van der Waals surface area contributed by atoms with Crippen molar-refractivity contribution in [2.24, 2.45) is 0 Å². The number of amides is 1. The van der Waals surface area contributed by atoms with Crippen LogP contribution in [0.2, 0.25) is 0 Å². The maximum Gasteiger partial charge on any atom is 0.339 e. The van der Waals surface area contributed by atoms with Crippen LogP contribution in [-0.4, -0.2) is 44.8 Å². The lowest BCUT2D eigenvalue weighted by molar-refractivity contribution is -0.138. The Balaban J connectivity index is 1.40. The molecule has 158 valence electrons. The van der Waals surface area contributed by atoms with Gasteiger partial charge >= 0.3 is 5.97 Å². The number of hydrogen-bond acceptors (Lipinski definition) is 5. The minimum Gasteiger partial charge on any atom is -0.449 e. The van der Waals surface area contributed by atoms with Gasteiger partial charge < -0.3 is 9.64 Å². The summed E-state index contributed by atoms with van der Waals surface area (Å²) in [5.74, 6) is -0.521. The molecule has 1 fully saturated rings. The van der Waals surface area contributed by atoms with Crippen molar-refractivity contribution in [3.05, 3.63) is 65.2 Å². The fourth-order valence-corrected chi connectivity index (χ4v) is 5.34. The molecule has 2 aliphatic rings. The monoisotopic (exact) mass is 428 g/mol. The van der Waals surface area contributed by atoms with Crippen molar-refractivity contribution in [1.29, 1.82) is 0 Å². The topological polar surface area (TPSA) is 92.8 Å². The van der Waals surface area contributed by atoms with Crippen molar-refractivity contribution in [2.45, 2.75) is 36.7 Å². The second-order valence-electron chi connectivity index (χ2n) is 7.81. The van der Waals surface area contributed by atoms with Crippen LogP contribution in [0.5, 0.6) is 0 Å². The summed E-state index contributed by atoms with van der Waals surface area (Å²) in [4.78, 5) is 26.9. The van der Waals surface area contributed by atoms with Gasteiger partial charge in [-0.2, -0.15) is 0 Å². The van der Waals surface area contributed by atoms with Crippen LogP contribution in [0, 0.1) is 6.92 Å². The molecule has 2 aromatic carbocycles. The van der Waals surface area contributed by atoms with Crippen LogP contribution in [0.4, 0.5) is 0 Å². The summed E-state index contributed by atoms with van der Waals surface area (Å²) in [6.07, 6.45) is 1.42. The summed E-state index contributed by atoms with van der Waals surface area (Å²) in [6, 6.07) is 13.9. The lowest BCUT2D eigenvalue weighted by Gasteiger charge is -2.39. The second kappa shape index (κ2) is 7.85. The van der Waals surface area contributed by atoms with E-state index in [1.807, 2.05) is 25.1 Å². The van der Waals surface area contributed by atoms with Gasteiger partial charge in [0, 0.05) is 25.1 Å². The van der Waals surface area contributed by atoms with E-state index in [2.05, 4.69) is 4.72 Å². The zero-order valence-corrected chi connectivity index (χ0v) is 17.6. The standard InChI is InChI=1S/C22H24N2O5S/c1-16-6-4-7-17(14-16)30(27,28)23-12-10-20(25)24-13-5-11-22(15-24)19-9-3-2-8-18(19)21(26)29-22/h2-4,6-9,14,23H,5,10-13,15H2,1H3. The molecule has 4 rings (SSSR count). The number of nitrogens with zero attached hydrogens (tertiary/aromatic N) is 1. The number of hydrogen-bond donors (Lipinski definition) is 1. The fourth-order valence-electron chi connectivity index (χ4n) is 4.20. The van der Waals surface area contributed by atoms with E-state index >= 15 is 0 Å². The SMILES string of the molecule is Cc1cccc(S(=O)(=O)NCCC(=O)N2CCCC3(C2)OC(=O)c2ccccc23)c1. The summed E-state index contributed by atoms with van der Waals surface area (Å²) in [5, 5.41) is 0. The number of aryl methyl sites for hydroxylation is 1. The predicted molar refractivity (Wildman–Crippen MR) is 110 cm³/mol. The number of likely N-dealkylation sites (tertiary alicyclic amines) is 1. The van der Waals surface area contributed by atoms with Crippen molar-refractivity contribution in [3.8, 4) is 0 Å². The zero-order valence-electron chi connectivity index (χ0n) is 16.8. The van der Waals surface area contributed by atoms with Gasteiger partial charge in [-0.1, -0.05) is 30.3 Å². The highest BCUT2D eigenvalue weighted by atomic mass is 32.2. The van der Waals surface area contributed by atoms with Crippen molar-refractivity contribution in [2.75, 3.05) is 19.6 Å². The molecule has 0 saturated carbocycles. The minimum absolute atomic E-state index is 0.00891. The normalized spacial score (nSPS) is 20.8. The number of piperidine rings is 1. The van der Waals surface area contributed by atoms with Gasteiger partial charge in [-0.15, -0.1) is 0 Å². The van der Waals surface area contributed by atoms with Crippen LogP contribution in [-0.2, 0) is 25.2 Å². The van der Waals surface area contributed by atoms with Crippen molar-refractivity contribution in [1.82, 2.24) is 9.62 Å². The molecular weight excluding hydrogens is 404 g/mol. The molecule has 2 aromatic rings. The third-order valence-corrected chi connectivity index (χ3v) is 7.12. The molecule has 0 aliphatic carbocycles. The smallest absolute Gasteiger partial charge is 0.339 e. The number of carbonyl (C=O) groups is 2. The van der Waals surface area contributed by atoms with Gasteiger partial charge in [-0.25, -0.2) is 17.9 Å². The Bertz CT molecular complexity index is 1100. The van der Waals surface area contributed by atoms with Crippen LogP contribution < -0.4 is 4.72 Å². The van der Waals surface area contributed by atoms with Crippen LogP contribution in [0.25, 0.3) is 0 Å². The summed E-state index contributed by atoms with van der Waals surface area (Å²) in [7, 11) is -3.67. The predicted octanol–water partition coefficient (Wildman–Crippen LogP) is 2.35. The number of esters is 1. The van der Waals surface area contributed by atoms with Gasteiger partial charge in [-0.05, 0) is 43.5 Å². The number of benzene rings is 2. The van der Waals surface area contributed by atoms with Crippen LogP contribution in [0.1, 0.15) is 40.7 Å². The van der Waals surface area contributed by atoms with E-state index in [-0.39, 0.29) is 29.7 Å². The summed E-state index contributed by atoms with van der Waals surface area (Å²) in [6.45, 7) is 2.68. The van der Waals surface area contributed by atoms with Gasteiger partial charge in [0.05, 0.1) is 17.0 Å². The number of carbonyl (C=O) groups excluding carboxylic acids is 2. The number of fused-ring (bicyclic) bond motifs is 2. The van der Waals surface area contributed by atoms with Gasteiger partial charge in [0.15, 0.2) is 5.60 Å². The van der Waals surface area contributed by atoms with Crippen molar-refractivity contribution < 1.29 is 22.7 Å². The lowest BCUT2D eigenvalue weighted by Crippen LogP contribution is -2.49. The van der Waals surface area contributed by atoms with Crippen LogP contribution in [0.3, 0.4) is 0 Å². The lowest BCUT2D eigenvalue weighted by atomic mass is 9.85. The molecule has 1 unspecified atom stereocenters. The largest absolute Gasteiger partial charge is 0.449 e. The Morgan fingerprint density at radius 2 is 2.00 bits per heavy atom. The van der Waals surface area contributed by atoms with Crippen molar-refractivity contribution in [3.63, 3.8) is 0 Å². The van der Waals surface area contributed by atoms with E-state index < -0.39 is 15.6 Å². The molecule has 1 atom stereocenters. The Morgan fingerprint density at radius 1 is 1.20 bits per heavy atom. The molecule has 1 saturated heterocycles. The van der Waals surface area contributed by atoms with Crippen LogP contribution in [0.15, 0.2) is 53.4 Å². The molecule has 0 aromatic heterocycles. The summed E-state index contributed by atoms with van der Waals surface area (Å²) < 4.78 is 33.1. The maximum absolute atomic E-state index is 12.8. The fraction of sp³-hybridized carbons (Fsp3) is 0.364. The molecule has 2 heterocycles. The Morgan fingerprint density at radius 3 is 2.80 bits per heavy atom. The summed E-state index contributed by atoms with van der Waals surface area (Å²) >= 11 is 0. The third-order valence-electron chi connectivity index (χ3n) is 5.66. The highest BCUT2D eigenvalue weighted by molar-refractivity contribution is 7.89. The highest BCUT2D eigenvalue weighted by Gasteiger charge is 2.48. The Kier molecular flexibility index (Phi) is 5.38. The molecule has 7 nitrogen and oxygen atoms in total. The van der Waals surface area contributed by atoms with Gasteiger partial charge in [0.25, 0.3) is 0 Å². The average molecular weight is 429 g/mol. The second-order valence-corrected chi connectivity index (χ2v) is 9.58. The number of nitrogens with one attached hydrogen (secondary N) is 1. The quantitative estimate of drug-likeness (QED) is 0.738. The van der Waals surface area contributed by atoms with E-state index in [0.717, 1.165) is 11.1 Å². The molecule has 8 heteroatoms. The Hall–Kier alpha value is -2.71. The van der Waals surface area contributed by atoms with E-state index in [1.54, 1.807) is 29.2 Å². The first-order valence-corrected chi connectivity index (χ1v) is 11.5. The van der Waals surface area contributed by atoms with E-state index in [0.29, 0.717) is 31.5 Å². The molecule has 2 aliphatic heterocycles. The first-order valence-electron chi connectivity index (χ1n) is 9.98. The highest BCUT2D eigenvalue weighted by Crippen LogP contribution is 2.42. The van der Waals surface area contributed by atoms with Crippen molar-refractivity contribution >= 4 is 21.9 Å². The molecule has 0 bridgehead atoms. The van der Waals surface area contributed by atoms with E-state index in [1.165, 1.54) is 6.07 Å². The van der Waals surface area contributed by atoms with E-state index in [4.69, 9.17) is 4.74 Å². The molecule has 1 amide bonds. The van der Waals surface area contributed by atoms with Gasteiger partial charge in [0.2, 0.25) is 15.9 Å². The molecule has 30 heavy (non-hydrogen) atoms. The average Bonchev–Trinajstić information content (AvgIpc) is 2.99. The molecule has 0 radical (unpaired) electrons. The molecule has 1 N–H and O–H groups in total. The Labute approximate surface area is 176 Å². The van der Waals surface area contributed by atoms with E-state index in [9.17, 15) is 18.0 Å². The number of rotatable bonds is 5. The number of ether oxygens (including phenoxy) is 1. The first kappa shape index (κ1) is 20.6. The third kappa shape index (κ3) is 3.85. The summed E-state index contributed by atoms with van der Waals surface area (Å²) in [5.41, 5.74) is 1.42. The van der Waals surface area contributed by atoms with Crippen LogP contribution >= 0.6 is 0 Å².